The van der Waals surface area contributed by atoms with Gasteiger partial charge in [-0.25, -0.2) is 4.79 Å². The van der Waals surface area contributed by atoms with E-state index in [0.29, 0.717) is 5.92 Å². The standard InChI is InChI=1S/C15H20BrNO2/c1-15(2,3)17-14(18)19-13(10-4-5-10)11-6-8-12(16)9-7-11/h6-10,13H,4-5H2,1-3H3,(H,17,18). The van der Waals surface area contributed by atoms with Crippen LogP contribution >= 0.6 is 15.9 Å². The summed E-state index contributed by atoms with van der Waals surface area (Å²) < 4.78 is 6.64. The molecule has 1 aromatic carbocycles. The van der Waals surface area contributed by atoms with E-state index in [4.69, 9.17) is 4.74 Å². The number of rotatable bonds is 3. The summed E-state index contributed by atoms with van der Waals surface area (Å²) in [7, 11) is 0. The second-order valence-electron chi connectivity index (χ2n) is 6.09. The third-order valence-corrected chi connectivity index (χ3v) is 3.49. The van der Waals surface area contributed by atoms with Crippen LogP contribution in [0.2, 0.25) is 0 Å². The van der Waals surface area contributed by atoms with Crippen molar-refractivity contribution in [3.8, 4) is 0 Å². The first kappa shape index (κ1) is 14.4. The fraction of sp³-hybridized carbons (Fsp3) is 0.533. The first-order chi connectivity index (χ1) is 8.85. The molecule has 1 saturated carbocycles. The van der Waals surface area contributed by atoms with Crippen molar-refractivity contribution in [2.75, 3.05) is 0 Å². The molecule has 1 aliphatic carbocycles. The van der Waals surface area contributed by atoms with Gasteiger partial charge in [-0.05, 0) is 51.3 Å². The van der Waals surface area contributed by atoms with Crippen molar-refractivity contribution in [2.24, 2.45) is 5.92 Å². The summed E-state index contributed by atoms with van der Waals surface area (Å²) in [4.78, 5) is 11.9. The molecule has 19 heavy (non-hydrogen) atoms. The van der Waals surface area contributed by atoms with Crippen molar-refractivity contribution in [2.45, 2.75) is 45.3 Å². The molecule has 0 heterocycles. The molecule has 0 spiro atoms. The SMILES string of the molecule is CC(C)(C)NC(=O)OC(c1ccc(Br)cc1)C1CC1. The van der Waals surface area contributed by atoms with Gasteiger partial charge in [0.25, 0.3) is 0 Å². The Bertz CT molecular complexity index is 446. The lowest BCUT2D eigenvalue weighted by atomic mass is 10.1. The van der Waals surface area contributed by atoms with Gasteiger partial charge in [-0.1, -0.05) is 28.1 Å². The van der Waals surface area contributed by atoms with Crippen molar-refractivity contribution in [1.82, 2.24) is 5.32 Å². The van der Waals surface area contributed by atoms with Gasteiger partial charge >= 0.3 is 6.09 Å². The lowest BCUT2D eigenvalue weighted by Crippen LogP contribution is -2.41. The van der Waals surface area contributed by atoms with Crippen LogP contribution in [-0.4, -0.2) is 11.6 Å². The Balaban J connectivity index is 2.05. The van der Waals surface area contributed by atoms with Crippen LogP contribution in [0.4, 0.5) is 4.79 Å². The van der Waals surface area contributed by atoms with Crippen molar-refractivity contribution < 1.29 is 9.53 Å². The number of alkyl carbamates (subject to hydrolysis) is 1. The second-order valence-corrected chi connectivity index (χ2v) is 7.01. The van der Waals surface area contributed by atoms with E-state index in [1.54, 1.807) is 0 Å². The molecule has 0 aromatic heterocycles. The van der Waals surface area contributed by atoms with E-state index >= 15 is 0 Å². The summed E-state index contributed by atoms with van der Waals surface area (Å²) in [6, 6.07) is 7.99. The molecule has 0 bridgehead atoms. The van der Waals surface area contributed by atoms with Gasteiger partial charge in [-0.2, -0.15) is 0 Å². The maximum atomic E-state index is 11.9. The number of nitrogens with one attached hydrogen (secondary N) is 1. The average molecular weight is 326 g/mol. The summed E-state index contributed by atoms with van der Waals surface area (Å²) in [6.07, 6.45) is 1.79. The quantitative estimate of drug-likeness (QED) is 0.893. The van der Waals surface area contributed by atoms with E-state index in [9.17, 15) is 4.79 Å². The molecule has 1 unspecified atom stereocenters. The molecule has 1 fully saturated rings. The Hall–Kier alpha value is -1.03. The molecular weight excluding hydrogens is 306 g/mol. The van der Waals surface area contributed by atoms with E-state index < -0.39 is 0 Å². The summed E-state index contributed by atoms with van der Waals surface area (Å²) in [6.45, 7) is 5.83. The molecule has 0 saturated heterocycles. The van der Waals surface area contributed by atoms with E-state index in [1.165, 1.54) is 0 Å². The molecular formula is C15H20BrNO2. The molecule has 0 aliphatic heterocycles. The maximum Gasteiger partial charge on any atom is 0.408 e. The number of hydrogen-bond acceptors (Lipinski definition) is 2. The van der Waals surface area contributed by atoms with Gasteiger partial charge < -0.3 is 10.1 Å². The zero-order chi connectivity index (χ0) is 14.0. The summed E-state index contributed by atoms with van der Waals surface area (Å²) in [5.41, 5.74) is 0.792. The Kier molecular flexibility index (Phi) is 4.19. The monoisotopic (exact) mass is 325 g/mol. The maximum absolute atomic E-state index is 11.9. The Labute approximate surface area is 122 Å². The molecule has 1 aromatic rings. The van der Waals surface area contributed by atoms with Gasteiger partial charge in [0.15, 0.2) is 0 Å². The minimum atomic E-state index is -0.340. The molecule has 0 radical (unpaired) electrons. The topological polar surface area (TPSA) is 38.3 Å². The van der Waals surface area contributed by atoms with E-state index in [2.05, 4.69) is 21.2 Å². The third-order valence-electron chi connectivity index (χ3n) is 2.96. The van der Waals surface area contributed by atoms with E-state index in [0.717, 1.165) is 22.9 Å². The predicted octanol–water partition coefficient (Wildman–Crippen LogP) is 4.42. The van der Waals surface area contributed by atoms with Gasteiger partial charge in [-0.3, -0.25) is 0 Å². The van der Waals surface area contributed by atoms with Gasteiger partial charge in [0.1, 0.15) is 6.10 Å². The Morgan fingerprint density at radius 3 is 2.37 bits per heavy atom. The highest BCUT2D eigenvalue weighted by Gasteiger charge is 2.35. The van der Waals surface area contributed by atoms with Crippen LogP contribution < -0.4 is 5.32 Å². The minimum absolute atomic E-state index is 0.129. The van der Waals surface area contributed by atoms with Crippen LogP contribution in [0, 0.1) is 5.92 Å². The highest BCUT2D eigenvalue weighted by molar-refractivity contribution is 9.10. The van der Waals surface area contributed by atoms with Crippen LogP contribution in [-0.2, 0) is 4.74 Å². The Morgan fingerprint density at radius 1 is 1.32 bits per heavy atom. The van der Waals surface area contributed by atoms with E-state index in [1.807, 2.05) is 45.0 Å². The highest BCUT2D eigenvalue weighted by Crippen LogP contribution is 2.43. The summed E-state index contributed by atoms with van der Waals surface area (Å²) >= 11 is 3.42. The number of hydrogen-bond donors (Lipinski definition) is 1. The lowest BCUT2D eigenvalue weighted by molar-refractivity contribution is 0.0791. The molecule has 2 rings (SSSR count). The number of ether oxygens (including phenoxy) is 1. The summed E-state index contributed by atoms with van der Waals surface area (Å²) in [5, 5.41) is 2.84. The fourth-order valence-electron chi connectivity index (χ4n) is 1.94. The van der Waals surface area contributed by atoms with Gasteiger partial charge in [0.05, 0.1) is 0 Å². The molecule has 1 aliphatic rings. The normalized spacial score (nSPS) is 16.8. The first-order valence-corrected chi connectivity index (χ1v) is 7.39. The lowest BCUT2D eigenvalue weighted by Gasteiger charge is -2.24. The number of carbonyl (C=O) groups excluding carboxylic acids is 1. The van der Waals surface area contributed by atoms with Crippen LogP contribution in [0.5, 0.6) is 0 Å². The molecule has 3 nitrogen and oxygen atoms in total. The number of carbonyl (C=O) groups is 1. The largest absolute Gasteiger partial charge is 0.441 e. The minimum Gasteiger partial charge on any atom is -0.441 e. The van der Waals surface area contributed by atoms with Crippen LogP contribution in [0.3, 0.4) is 0 Å². The summed E-state index contributed by atoms with van der Waals surface area (Å²) in [5.74, 6) is 0.465. The second kappa shape index (κ2) is 5.53. The van der Waals surface area contributed by atoms with Gasteiger partial charge in [0, 0.05) is 15.9 Å². The van der Waals surface area contributed by atoms with E-state index in [-0.39, 0.29) is 17.7 Å². The average Bonchev–Trinajstić information content (AvgIpc) is 3.08. The van der Waals surface area contributed by atoms with Crippen LogP contribution in [0.15, 0.2) is 28.7 Å². The first-order valence-electron chi connectivity index (χ1n) is 6.59. The molecule has 4 heteroatoms. The number of amides is 1. The number of benzene rings is 1. The molecule has 1 amide bonds. The fourth-order valence-corrected chi connectivity index (χ4v) is 2.20. The van der Waals surface area contributed by atoms with Crippen LogP contribution in [0.1, 0.15) is 45.3 Å². The van der Waals surface area contributed by atoms with Crippen molar-refractivity contribution >= 4 is 22.0 Å². The highest BCUT2D eigenvalue weighted by atomic mass is 79.9. The Morgan fingerprint density at radius 2 is 1.89 bits per heavy atom. The van der Waals surface area contributed by atoms with Crippen molar-refractivity contribution in [1.29, 1.82) is 0 Å². The van der Waals surface area contributed by atoms with Gasteiger partial charge in [-0.15, -0.1) is 0 Å². The smallest absolute Gasteiger partial charge is 0.408 e. The molecule has 104 valence electrons. The molecule has 1 N–H and O–H groups in total. The zero-order valence-corrected chi connectivity index (χ0v) is 13.2. The van der Waals surface area contributed by atoms with Crippen molar-refractivity contribution in [3.05, 3.63) is 34.3 Å². The molecule has 1 atom stereocenters. The number of halogens is 1. The van der Waals surface area contributed by atoms with Gasteiger partial charge in [0.2, 0.25) is 0 Å². The zero-order valence-electron chi connectivity index (χ0n) is 11.6. The third kappa shape index (κ3) is 4.53. The van der Waals surface area contributed by atoms with Crippen LogP contribution in [0.25, 0.3) is 0 Å². The predicted molar refractivity (Wildman–Crippen MR) is 79.0 cm³/mol. The van der Waals surface area contributed by atoms with Crippen molar-refractivity contribution in [3.63, 3.8) is 0 Å².